The molecule has 2 bridgehead atoms. The highest BCUT2D eigenvalue weighted by atomic mass is 35.5. The molecule has 3 aliphatic rings. The molecule has 8 nitrogen and oxygen atoms in total. The van der Waals surface area contributed by atoms with Gasteiger partial charge < -0.3 is 25.0 Å². The maximum Gasteiger partial charge on any atom is 0.573 e. The first-order valence-electron chi connectivity index (χ1n) is 13.1. The summed E-state index contributed by atoms with van der Waals surface area (Å²) in [5, 5.41) is 5.28. The minimum Gasteiger partial charge on any atom is -0.474 e. The van der Waals surface area contributed by atoms with Crippen molar-refractivity contribution >= 4 is 29.2 Å². The topological polar surface area (TPSA) is 92.8 Å². The van der Waals surface area contributed by atoms with Crippen molar-refractivity contribution in [3.63, 3.8) is 0 Å². The molecule has 41 heavy (non-hydrogen) atoms. The van der Waals surface area contributed by atoms with Crippen LogP contribution in [0.4, 0.5) is 27.8 Å². The zero-order valence-electron chi connectivity index (χ0n) is 22.1. The van der Waals surface area contributed by atoms with E-state index in [-0.39, 0.29) is 40.9 Å². The van der Waals surface area contributed by atoms with Gasteiger partial charge in [0.2, 0.25) is 0 Å². The minimum absolute atomic E-state index is 0.0106. The monoisotopic (exact) mass is 602 g/mol. The van der Waals surface area contributed by atoms with Crippen molar-refractivity contribution in [3.05, 3.63) is 47.1 Å². The largest absolute Gasteiger partial charge is 0.573 e. The summed E-state index contributed by atoms with van der Waals surface area (Å²) >= 11 is 5.82. The standard InChI is InChI=1S/C27H28ClF5N4O4/c1-25(2,40-19-7-4-15(28)9-20(19)41-27(31,32)33)24(39)35-16-10-17-5-6-18(11-16)37(17)22-8-3-14(13-34-22)23(38)36-21-12-26(21,29)30/h3-4,7-9,13,16-18,21H,5-6,10-12H2,1-2H3,(H,35,39)(H,36,38)/t16?,17-,18+,21?. The Balaban J connectivity index is 1.19. The van der Waals surface area contributed by atoms with Gasteiger partial charge in [-0.25, -0.2) is 13.8 Å². The molecule has 1 saturated carbocycles. The van der Waals surface area contributed by atoms with Crippen LogP contribution in [0.5, 0.6) is 11.5 Å². The van der Waals surface area contributed by atoms with Gasteiger partial charge in [-0.2, -0.15) is 0 Å². The summed E-state index contributed by atoms with van der Waals surface area (Å²) < 4.78 is 74.5. The van der Waals surface area contributed by atoms with Gasteiger partial charge in [-0.15, -0.1) is 13.2 Å². The molecule has 2 unspecified atom stereocenters. The highest BCUT2D eigenvalue weighted by Crippen LogP contribution is 2.42. The Hall–Kier alpha value is -3.35. The van der Waals surface area contributed by atoms with Crippen LogP contribution in [0.2, 0.25) is 5.02 Å². The summed E-state index contributed by atoms with van der Waals surface area (Å²) in [6.07, 6.45) is -1.05. The Morgan fingerprint density at radius 3 is 2.24 bits per heavy atom. The first-order valence-corrected chi connectivity index (χ1v) is 13.5. The first-order chi connectivity index (χ1) is 19.1. The molecule has 1 aromatic heterocycles. The van der Waals surface area contributed by atoms with Crippen molar-refractivity contribution in [3.8, 4) is 11.5 Å². The average molecular weight is 603 g/mol. The third kappa shape index (κ3) is 6.60. The Bertz CT molecular complexity index is 1310. The van der Waals surface area contributed by atoms with Crippen molar-refractivity contribution < 1.29 is 41.0 Å². The molecule has 2 aliphatic heterocycles. The molecule has 222 valence electrons. The number of aromatic nitrogens is 1. The van der Waals surface area contributed by atoms with Crippen LogP contribution < -0.4 is 25.0 Å². The number of hydrogen-bond acceptors (Lipinski definition) is 6. The SMILES string of the molecule is CC(C)(Oc1ccc(Cl)cc1OC(F)(F)F)C(=O)NC1C[C@H]2CC[C@@H](C1)N2c1ccc(C(=O)NC2CC2(F)F)cn1. The van der Waals surface area contributed by atoms with E-state index in [0.717, 1.165) is 18.9 Å². The minimum atomic E-state index is -4.97. The summed E-state index contributed by atoms with van der Waals surface area (Å²) in [4.78, 5) is 32.0. The molecule has 2 N–H and O–H groups in total. The van der Waals surface area contributed by atoms with Gasteiger partial charge in [0.05, 0.1) is 11.6 Å². The Labute approximate surface area is 237 Å². The van der Waals surface area contributed by atoms with Crippen LogP contribution in [0, 0.1) is 0 Å². The molecule has 3 fully saturated rings. The number of nitrogens with one attached hydrogen (secondary N) is 2. The number of carbonyl (C=O) groups excluding carboxylic acids is 2. The van der Waals surface area contributed by atoms with Crippen LogP contribution in [0.15, 0.2) is 36.5 Å². The number of hydrogen-bond donors (Lipinski definition) is 2. The molecule has 4 atom stereocenters. The van der Waals surface area contributed by atoms with Crippen LogP contribution in [0.3, 0.4) is 0 Å². The van der Waals surface area contributed by atoms with Gasteiger partial charge in [-0.1, -0.05) is 11.6 Å². The first kappa shape index (κ1) is 29.2. The number of amides is 2. The number of piperidine rings is 1. The number of fused-ring (bicyclic) bond motifs is 2. The number of rotatable bonds is 8. The molecule has 1 aliphatic carbocycles. The van der Waals surface area contributed by atoms with E-state index in [1.54, 1.807) is 12.1 Å². The van der Waals surface area contributed by atoms with E-state index in [4.69, 9.17) is 16.3 Å². The number of alkyl halides is 5. The second kappa shape index (κ2) is 10.5. The van der Waals surface area contributed by atoms with Crippen LogP contribution in [0.1, 0.15) is 56.3 Å². The maximum atomic E-state index is 13.2. The number of benzene rings is 1. The number of halogens is 6. The van der Waals surface area contributed by atoms with Crippen LogP contribution >= 0.6 is 11.6 Å². The number of nitrogens with zero attached hydrogens (tertiary/aromatic N) is 2. The predicted molar refractivity (Wildman–Crippen MR) is 138 cm³/mol. The molecule has 3 heterocycles. The third-order valence-corrected chi connectivity index (χ3v) is 7.75. The zero-order chi connectivity index (χ0) is 29.7. The molecular formula is C27H28ClF5N4O4. The number of anilines is 1. The Kier molecular flexibility index (Phi) is 7.46. The number of pyridine rings is 1. The van der Waals surface area contributed by atoms with Gasteiger partial charge in [0.25, 0.3) is 17.7 Å². The fourth-order valence-electron chi connectivity index (χ4n) is 5.40. The number of ether oxygens (including phenoxy) is 2. The molecule has 2 amide bonds. The molecule has 2 saturated heterocycles. The van der Waals surface area contributed by atoms with Crippen molar-refractivity contribution in [1.29, 1.82) is 0 Å². The van der Waals surface area contributed by atoms with E-state index < -0.39 is 41.5 Å². The van der Waals surface area contributed by atoms with E-state index >= 15 is 0 Å². The van der Waals surface area contributed by atoms with Gasteiger partial charge in [-0.3, -0.25) is 9.59 Å². The van der Waals surface area contributed by atoms with Gasteiger partial charge in [0.1, 0.15) is 5.82 Å². The van der Waals surface area contributed by atoms with Crippen molar-refractivity contribution in [2.75, 3.05) is 4.90 Å². The second-order valence-corrected chi connectivity index (χ2v) is 11.5. The van der Waals surface area contributed by atoms with Crippen molar-refractivity contribution in [2.45, 2.75) is 88.0 Å². The lowest BCUT2D eigenvalue weighted by Crippen LogP contribution is -2.55. The van der Waals surface area contributed by atoms with Crippen LogP contribution in [-0.4, -0.2) is 58.9 Å². The summed E-state index contributed by atoms with van der Waals surface area (Å²) in [6.45, 7) is 2.90. The quantitative estimate of drug-likeness (QED) is 0.401. The van der Waals surface area contributed by atoms with E-state index in [2.05, 4.69) is 25.3 Å². The molecule has 1 aromatic carbocycles. The Morgan fingerprint density at radius 1 is 1.02 bits per heavy atom. The molecular weight excluding hydrogens is 575 g/mol. The maximum absolute atomic E-state index is 13.2. The van der Waals surface area contributed by atoms with Crippen LogP contribution in [-0.2, 0) is 4.79 Å². The normalized spacial score (nSPS) is 24.9. The number of carbonyl (C=O) groups is 2. The van der Waals surface area contributed by atoms with Gasteiger partial charge >= 0.3 is 6.36 Å². The summed E-state index contributed by atoms with van der Waals surface area (Å²) in [5.74, 6) is -4.24. The van der Waals surface area contributed by atoms with Crippen molar-refractivity contribution in [2.24, 2.45) is 0 Å². The highest BCUT2D eigenvalue weighted by Gasteiger charge is 2.58. The average Bonchev–Trinajstić information content (AvgIpc) is 3.38. The fraction of sp³-hybridized carbons (Fsp3) is 0.519. The van der Waals surface area contributed by atoms with Crippen LogP contribution in [0.25, 0.3) is 0 Å². The van der Waals surface area contributed by atoms with E-state index in [0.29, 0.717) is 18.7 Å². The van der Waals surface area contributed by atoms with E-state index in [1.807, 2.05) is 0 Å². The summed E-state index contributed by atoms with van der Waals surface area (Å²) in [5.41, 5.74) is -1.34. The summed E-state index contributed by atoms with van der Waals surface area (Å²) in [6, 6.07) is 5.52. The van der Waals surface area contributed by atoms with Gasteiger partial charge in [0.15, 0.2) is 17.1 Å². The predicted octanol–water partition coefficient (Wildman–Crippen LogP) is 5.24. The Morgan fingerprint density at radius 2 is 1.68 bits per heavy atom. The molecule has 2 aromatic rings. The fourth-order valence-corrected chi connectivity index (χ4v) is 5.57. The van der Waals surface area contributed by atoms with E-state index in [9.17, 15) is 31.5 Å². The zero-order valence-corrected chi connectivity index (χ0v) is 22.9. The second-order valence-electron chi connectivity index (χ2n) is 11.1. The smallest absolute Gasteiger partial charge is 0.474 e. The lowest BCUT2D eigenvalue weighted by Gasteiger charge is -2.40. The lowest BCUT2D eigenvalue weighted by atomic mass is 9.96. The van der Waals surface area contributed by atoms with E-state index in [1.165, 1.54) is 32.2 Å². The lowest BCUT2D eigenvalue weighted by molar-refractivity contribution is -0.275. The highest BCUT2D eigenvalue weighted by molar-refractivity contribution is 6.30. The van der Waals surface area contributed by atoms with Gasteiger partial charge in [-0.05, 0) is 63.8 Å². The molecule has 0 radical (unpaired) electrons. The molecule has 5 rings (SSSR count). The molecule has 14 heteroatoms. The summed E-state index contributed by atoms with van der Waals surface area (Å²) in [7, 11) is 0. The van der Waals surface area contributed by atoms with Gasteiger partial charge in [0, 0.05) is 41.8 Å². The van der Waals surface area contributed by atoms with Crippen molar-refractivity contribution in [1.82, 2.24) is 15.6 Å². The molecule has 0 spiro atoms. The third-order valence-electron chi connectivity index (χ3n) is 7.52.